The molecule has 1 N–H and O–H groups in total. The lowest BCUT2D eigenvalue weighted by atomic mass is 10.1. The fourth-order valence-electron chi connectivity index (χ4n) is 2.98. The SMILES string of the molecule is Cc1nn(C(C)(C)C)c(C)c1S(=O)(=O)NCC(=O)N1CCCC1. The first-order valence-electron chi connectivity index (χ1n) is 7.88. The maximum Gasteiger partial charge on any atom is 0.244 e. The number of carbonyl (C=O) groups excluding carboxylic acids is 1. The average molecular weight is 342 g/mol. The molecule has 0 spiro atoms. The molecule has 23 heavy (non-hydrogen) atoms. The molecule has 7 nitrogen and oxygen atoms in total. The van der Waals surface area contributed by atoms with E-state index in [4.69, 9.17) is 0 Å². The molecule has 0 atom stereocenters. The number of carbonyl (C=O) groups is 1. The molecule has 130 valence electrons. The van der Waals surface area contributed by atoms with Crippen LogP contribution in [-0.4, -0.2) is 48.6 Å². The molecule has 2 rings (SSSR count). The summed E-state index contributed by atoms with van der Waals surface area (Å²) in [6.07, 6.45) is 1.96. The van der Waals surface area contributed by atoms with Crippen molar-refractivity contribution in [3.63, 3.8) is 0 Å². The van der Waals surface area contributed by atoms with Gasteiger partial charge in [0, 0.05) is 13.1 Å². The van der Waals surface area contributed by atoms with Gasteiger partial charge in [-0.15, -0.1) is 0 Å². The molecule has 1 amide bonds. The van der Waals surface area contributed by atoms with Gasteiger partial charge in [0.2, 0.25) is 15.9 Å². The highest BCUT2D eigenvalue weighted by Crippen LogP contribution is 2.24. The van der Waals surface area contributed by atoms with Crippen LogP contribution in [0.4, 0.5) is 0 Å². The van der Waals surface area contributed by atoms with Gasteiger partial charge in [-0.1, -0.05) is 0 Å². The number of nitrogens with one attached hydrogen (secondary N) is 1. The highest BCUT2D eigenvalue weighted by molar-refractivity contribution is 7.89. The molecule has 1 aliphatic heterocycles. The van der Waals surface area contributed by atoms with E-state index in [1.165, 1.54) is 0 Å². The zero-order chi connectivity index (χ0) is 17.4. The number of hydrogen-bond acceptors (Lipinski definition) is 4. The van der Waals surface area contributed by atoms with Gasteiger partial charge < -0.3 is 4.90 Å². The normalized spacial score (nSPS) is 16.1. The summed E-state index contributed by atoms with van der Waals surface area (Å²) in [6, 6.07) is 0. The number of amides is 1. The fourth-order valence-corrected chi connectivity index (χ4v) is 4.34. The molecule has 1 aromatic heterocycles. The number of sulfonamides is 1. The maximum absolute atomic E-state index is 12.6. The molecule has 0 saturated carbocycles. The van der Waals surface area contributed by atoms with E-state index in [1.54, 1.807) is 23.4 Å². The molecule has 0 unspecified atom stereocenters. The van der Waals surface area contributed by atoms with Gasteiger partial charge in [-0.3, -0.25) is 9.48 Å². The summed E-state index contributed by atoms with van der Waals surface area (Å²) in [6.45, 7) is 10.5. The van der Waals surface area contributed by atoms with Crippen LogP contribution in [0.1, 0.15) is 45.0 Å². The third kappa shape index (κ3) is 3.74. The number of aromatic nitrogens is 2. The van der Waals surface area contributed by atoms with E-state index in [9.17, 15) is 13.2 Å². The second-order valence-corrected chi connectivity index (χ2v) is 8.70. The summed E-state index contributed by atoms with van der Waals surface area (Å²) in [5.41, 5.74) is 0.711. The Hall–Kier alpha value is -1.41. The van der Waals surface area contributed by atoms with Crippen LogP contribution in [0, 0.1) is 13.8 Å². The first kappa shape index (κ1) is 17.9. The van der Waals surface area contributed by atoms with Gasteiger partial charge in [-0.05, 0) is 47.5 Å². The molecule has 2 heterocycles. The molecule has 0 aromatic carbocycles. The highest BCUT2D eigenvalue weighted by Gasteiger charge is 2.29. The molecule has 1 saturated heterocycles. The lowest BCUT2D eigenvalue weighted by Gasteiger charge is -2.21. The molecule has 0 aliphatic carbocycles. The number of aryl methyl sites for hydroxylation is 1. The van der Waals surface area contributed by atoms with Crippen molar-refractivity contribution in [2.45, 2.75) is 57.9 Å². The van der Waals surface area contributed by atoms with Gasteiger partial charge in [0.05, 0.1) is 23.5 Å². The Morgan fingerprint density at radius 3 is 2.26 bits per heavy atom. The van der Waals surface area contributed by atoms with Crippen molar-refractivity contribution < 1.29 is 13.2 Å². The zero-order valence-electron chi connectivity index (χ0n) is 14.5. The van der Waals surface area contributed by atoms with Crippen molar-refractivity contribution in [1.29, 1.82) is 0 Å². The Bertz CT molecular complexity index is 695. The Balaban J connectivity index is 2.20. The summed E-state index contributed by atoms with van der Waals surface area (Å²) in [5.74, 6) is -0.176. The number of hydrogen-bond donors (Lipinski definition) is 1. The third-order valence-corrected chi connectivity index (χ3v) is 5.65. The lowest BCUT2D eigenvalue weighted by Crippen LogP contribution is -2.38. The second-order valence-electron chi connectivity index (χ2n) is 7.00. The Morgan fingerprint density at radius 2 is 1.78 bits per heavy atom. The minimum Gasteiger partial charge on any atom is -0.342 e. The summed E-state index contributed by atoms with van der Waals surface area (Å²) < 4.78 is 29.3. The second kappa shape index (κ2) is 6.24. The summed E-state index contributed by atoms with van der Waals surface area (Å²) in [7, 11) is -3.77. The highest BCUT2D eigenvalue weighted by atomic mass is 32.2. The molecule has 0 bridgehead atoms. The maximum atomic E-state index is 12.6. The van der Waals surface area contributed by atoms with Gasteiger partial charge in [0.15, 0.2) is 0 Å². The third-order valence-electron chi connectivity index (χ3n) is 4.00. The van der Waals surface area contributed by atoms with Crippen molar-refractivity contribution in [2.24, 2.45) is 0 Å². The largest absolute Gasteiger partial charge is 0.342 e. The monoisotopic (exact) mass is 342 g/mol. The van der Waals surface area contributed by atoms with Crippen molar-refractivity contribution in [3.8, 4) is 0 Å². The standard InChI is InChI=1S/C15H26N4O3S/c1-11-14(12(2)19(17-11)15(3,4)5)23(21,22)16-10-13(20)18-8-6-7-9-18/h16H,6-10H2,1-5H3. The van der Waals surface area contributed by atoms with Crippen LogP contribution >= 0.6 is 0 Å². The van der Waals surface area contributed by atoms with Gasteiger partial charge >= 0.3 is 0 Å². The van der Waals surface area contributed by atoms with Crippen molar-refractivity contribution in [2.75, 3.05) is 19.6 Å². The minimum absolute atomic E-state index is 0.168. The van der Waals surface area contributed by atoms with E-state index < -0.39 is 10.0 Å². The van der Waals surface area contributed by atoms with E-state index in [0.29, 0.717) is 24.5 Å². The first-order chi connectivity index (χ1) is 10.5. The molecular weight excluding hydrogens is 316 g/mol. The van der Waals surface area contributed by atoms with Crippen LogP contribution in [0.3, 0.4) is 0 Å². The summed E-state index contributed by atoms with van der Waals surface area (Å²) >= 11 is 0. The number of likely N-dealkylation sites (tertiary alicyclic amines) is 1. The van der Waals surface area contributed by atoms with E-state index in [1.807, 2.05) is 20.8 Å². The van der Waals surface area contributed by atoms with E-state index >= 15 is 0 Å². The first-order valence-corrected chi connectivity index (χ1v) is 9.36. The van der Waals surface area contributed by atoms with Gasteiger partial charge in [0.1, 0.15) is 4.90 Å². The van der Waals surface area contributed by atoms with Crippen molar-refractivity contribution in [1.82, 2.24) is 19.4 Å². The Kier molecular flexibility index (Phi) is 4.86. The van der Waals surface area contributed by atoms with Crippen LogP contribution < -0.4 is 4.72 Å². The molecular formula is C15H26N4O3S. The topological polar surface area (TPSA) is 84.3 Å². The molecule has 1 aromatic rings. The van der Waals surface area contributed by atoms with Crippen LogP contribution in [0.2, 0.25) is 0 Å². The fraction of sp³-hybridized carbons (Fsp3) is 0.733. The van der Waals surface area contributed by atoms with Gasteiger partial charge in [-0.2, -0.15) is 5.10 Å². The van der Waals surface area contributed by atoms with Gasteiger partial charge in [0.25, 0.3) is 0 Å². The average Bonchev–Trinajstić information content (AvgIpc) is 3.03. The summed E-state index contributed by atoms with van der Waals surface area (Å²) in [5, 5.41) is 4.35. The molecule has 1 aliphatic rings. The summed E-state index contributed by atoms with van der Waals surface area (Å²) in [4.78, 5) is 13.9. The molecule has 1 fully saturated rings. The number of rotatable bonds is 4. The quantitative estimate of drug-likeness (QED) is 0.890. The Labute approximate surface area is 138 Å². The van der Waals surface area contributed by atoms with Crippen molar-refractivity contribution >= 4 is 15.9 Å². The lowest BCUT2D eigenvalue weighted by molar-refractivity contribution is -0.128. The van der Waals surface area contributed by atoms with Crippen LogP contribution in [-0.2, 0) is 20.4 Å². The predicted molar refractivity (Wildman–Crippen MR) is 87.7 cm³/mol. The Morgan fingerprint density at radius 1 is 1.22 bits per heavy atom. The number of nitrogens with zero attached hydrogens (tertiary/aromatic N) is 3. The minimum atomic E-state index is -3.77. The zero-order valence-corrected chi connectivity index (χ0v) is 15.3. The van der Waals surface area contributed by atoms with Crippen LogP contribution in [0.25, 0.3) is 0 Å². The van der Waals surface area contributed by atoms with Crippen LogP contribution in [0.5, 0.6) is 0 Å². The molecule has 0 radical (unpaired) electrons. The molecule has 8 heteroatoms. The predicted octanol–water partition coefficient (Wildman–Crippen LogP) is 1.16. The van der Waals surface area contributed by atoms with Gasteiger partial charge in [-0.25, -0.2) is 13.1 Å². The van der Waals surface area contributed by atoms with E-state index in [-0.39, 0.29) is 22.9 Å². The smallest absolute Gasteiger partial charge is 0.244 e. The van der Waals surface area contributed by atoms with Crippen LogP contribution in [0.15, 0.2) is 4.90 Å². The van der Waals surface area contributed by atoms with E-state index in [2.05, 4.69) is 9.82 Å². The van der Waals surface area contributed by atoms with E-state index in [0.717, 1.165) is 12.8 Å². The van der Waals surface area contributed by atoms with Crippen molar-refractivity contribution in [3.05, 3.63) is 11.4 Å².